The lowest BCUT2D eigenvalue weighted by Gasteiger charge is -2.11. The summed E-state index contributed by atoms with van der Waals surface area (Å²) in [6.45, 7) is 3.75. The molecule has 0 saturated heterocycles. The van der Waals surface area contributed by atoms with Gasteiger partial charge in [0.25, 0.3) is 0 Å². The number of carbonyl (C=O) groups is 2. The third kappa shape index (κ3) is 5.29. The minimum Gasteiger partial charge on any atom is -0.356 e. The molecule has 2 aromatic carbocycles. The first kappa shape index (κ1) is 20.7. The summed E-state index contributed by atoms with van der Waals surface area (Å²) < 4.78 is 16.0. The van der Waals surface area contributed by atoms with Gasteiger partial charge in [0, 0.05) is 25.5 Å². The zero-order chi connectivity index (χ0) is 20.8. The molecule has 150 valence electrons. The number of amides is 1. The largest absolute Gasteiger partial charge is 0.356 e. The van der Waals surface area contributed by atoms with Crippen LogP contribution in [0.4, 0.5) is 4.39 Å². The Morgan fingerprint density at radius 2 is 1.83 bits per heavy atom. The number of aromatic nitrogens is 3. The van der Waals surface area contributed by atoms with E-state index >= 15 is 0 Å². The highest BCUT2D eigenvalue weighted by molar-refractivity contribution is 7.99. The third-order valence-electron chi connectivity index (χ3n) is 4.22. The number of aryl methyl sites for hydroxylation is 1. The van der Waals surface area contributed by atoms with Crippen LogP contribution >= 0.6 is 11.8 Å². The number of rotatable bonds is 8. The van der Waals surface area contributed by atoms with Gasteiger partial charge in [-0.25, -0.2) is 4.39 Å². The highest BCUT2D eigenvalue weighted by atomic mass is 32.2. The molecular formula is C21H21FN4O2S. The van der Waals surface area contributed by atoms with Gasteiger partial charge in [-0.05, 0) is 19.1 Å². The Labute approximate surface area is 172 Å². The summed E-state index contributed by atoms with van der Waals surface area (Å²) >= 11 is 1.20. The zero-order valence-corrected chi connectivity index (χ0v) is 17.0. The minimum atomic E-state index is -0.417. The second-order valence-corrected chi connectivity index (χ2v) is 7.44. The average molecular weight is 412 g/mol. The summed E-state index contributed by atoms with van der Waals surface area (Å²) in [5, 5.41) is 11.4. The maximum absolute atomic E-state index is 14.4. The standard InChI is InChI=1S/C21H21FN4O2S/c1-14-7-9-16(10-8-14)19(28)13-29-21-25-24-20(11-12-23-15(2)27)26(21)18-6-4-3-5-17(18)22/h3-10H,11-13H2,1-2H3,(H,23,27). The summed E-state index contributed by atoms with van der Waals surface area (Å²) in [6.07, 6.45) is 0.382. The fourth-order valence-electron chi connectivity index (χ4n) is 2.73. The third-order valence-corrected chi connectivity index (χ3v) is 5.15. The molecule has 1 aromatic heterocycles. The molecule has 0 fully saturated rings. The Hall–Kier alpha value is -3.00. The van der Waals surface area contributed by atoms with Crippen molar-refractivity contribution in [2.45, 2.75) is 25.4 Å². The average Bonchev–Trinajstić information content (AvgIpc) is 3.09. The number of nitrogens with zero attached hydrogens (tertiary/aromatic N) is 3. The molecule has 0 bridgehead atoms. The molecule has 0 aliphatic heterocycles. The van der Waals surface area contributed by atoms with Gasteiger partial charge >= 0.3 is 0 Å². The van der Waals surface area contributed by atoms with Crippen molar-refractivity contribution in [2.75, 3.05) is 12.3 Å². The molecule has 0 aliphatic carbocycles. The van der Waals surface area contributed by atoms with Crippen molar-refractivity contribution in [1.82, 2.24) is 20.1 Å². The van der Waals surface area contributed by atoms with Gasteiger partial charge in [0.15, 0.2) is 10.9 Å². The molecule has 0 atom stereocenters. The molecule has 3 rings (SSSR count). The normalized spacial score (nSPS) is 10.7. The van der Waals surface area contributed by atoms with Crippen LogP contribution in [0.15, 0.2) is 53.7 Å². The van der Waals surface area contributed by atoms with E-state index in [9.17, 15) is 14.0 Å². The van der Waals surface area contributed by atoms with E-state index in [-0.39, 0.29) is 17.4 Å². The van der Waals surface area contributed by atoms with E-state index in [2.05, 4.69) is 15.5 Å². The molecule has 0 aliphatic rings. The number of hydrogen-bond acceptors (Lipinski definition) is 5. The molecule has 1 heterocycles. The monoisotopic (exact) mass is 412 g/mol. The van der Waals surface area contributed by atoms with Gasteiger partial charge in [-0.2, -0.15) is 0 Å². The van der Waals surface area contributed by atoms with Crippen LogP contribution in [0.2, 0.25) is 0 Å². The van der Waals surface area contributed by atoms with Crippen LogP contribution < -0.4 is 5.32 Å². The van der Waals surface area contributed by atoms with E-state index < -0.39 is 5.82 Å². The van der Waals surface area contributed by atoms with E-state index in [4.69, 9.17) is 0 Å². The highest BCUT2D eigenvalue weighted by Crippen LogP contribution is 2.25. The Morgan fingerprint density at radius 1 is 1.10 bits per heavy atom. The Balaban J connectivity index is 1.83. The van der Waals surface area contributed by atoms with Crippen LogP contribution in [-0.2, 0) is 11.2 Å². The smallest absolute Gasteiger partial charge is 0.216 e. The highest BCUT2D eigenvalue weighted by Gasteiger charge is 2.18. The van der Waals surface area contributed by atoms with Gasteiger partial charge in [0.2, 0.25) is 5.91 Å². The fourth-order valence-corrected chi connectivity index (χ4v) is 3.59. The number of hydrogen-bond donors (Lipinski definition) is 1. The van der Waals surface area contributed by atoms with Crippen molar-refractivity contribution in [3.8, 4) is 5.69 Å². The molecule has 0 radical (unpaired) electrons. The molecule has 0 unspecified atom stereocenters. The Bertz CT molecular complexity index is 1020. The van der Waals surface area contributed by atoms with E-state index in [0.29, 0.717) is 35.2 Å². The van der Waals surface area contributed by atoms with Crippen LogP contribution in [0.1, 0.15) is 28.7 Å². The van der Waals surface area contributed by atoms with Gasteiger partial charge in [0.1, 0.15) is 11.6 Å². The van der Waals surface area contributed by atoms with E-state index in [1.54, 1.807) is 34.9 Å². The molecule has 3 aromatic rings. The van der Waals surface area contributed by atoms with Crippen LogP contribution in [0.25, 0.3) is 5.69 Å². The summed E-state index contributed by atoms with van der Waals surface area (Å²) in [6, 6.07) is 13.7. The van der Waals surface area contributed by atoms with Crippen molar-refractivity contribution in [2.24, 2.45) is 0 Å². The number of benzene rings is 2. The van der Waals surface area contributed by atoms with Crippen molar-refractivity contribution in [3.63, 3.8) is 0 Å². The van der Waals surface area contributed by atoms with Crippen LogP contribution in [0.3, 0.4) is 0 Å². The lowest BCUT2D eigenvalue weighted by atomic mass is 10.1. The zero-order valence-electron chi connectivity index (χ0n) is 16.2. The van der Waals surface area contributed by atoms with Gasteiger partial charge in [-0.1, -0.05) is 53.7 Å². The van der Waals surface area contributed by atoms with Gasteiger partial charge < -0.3 is 5.32 Å². The first-order chi connectivity index (χ1) is 14.0. The molecule has 29 heavy (non-hydrogen) atoms. The van der Waals surface area contributed by atoms with Gasteiger partial charge in [-0.15, -0.1) is 10.2 Å². The van der Waals surface area contributed by atoms with Crippen molar-refractivity contribution in [1.29, 1.82) is 0 Å². The minimum absolute atomic E-state index is 0.0436. The number of para-hydroxylation sites is 1. The first-order valence-electron chi connectivity index (χ1n) is 9.12. The molecule has 1 N–H and O–H groups in total. The van der Waals surface area contributed by atoms with Gasteiger partial charge in [-0.3, -0.25) is 14.2 Å². The predicted octanol–water partition coefficient (Wildman–Crippen LogP) is 3.37. The number of nitrogens with one attached hydrogen (secondary N) is 1. The fraction of sp³-hybridized carbons (Fsp3) is 0.238. The summed E-state index contributed by atoms with van der Waals surface area (Å²) in [4.78, 5) is 23.6. The molecular weight excluding hydrogens is 391 g/mol. The number of carbonyl (C=O) groups excluding carboxylic acids is 2. The molecule has 6 nitrogen and oxygen atoms in total. The summed E-state index contributed by atoms with van der Waals surface area (Å²) in [7, 11) is 0. The number of halogens is 1. The Morgan fingerprint density at radius 3 is 2.52 bits per heavy atom. The summed E-state index contributed by atoms with van der Waals surface area (Å²) in [5.41, 5.74) is 2.00. The number of Topliss-reactive ketones (excluding diaryl/α,β-unsaturated/α-hetero) is 1. The topological polar surface area (TPSA) is 76.9 Å². The van der Waals surface area contributed by atoms with E-state index in [1.165, 1.54) is 24.8 Å². The molecule has 1 amide bonds. The summed E-state index contributed by atoms with van der Waals surface area (Å²) in [5.74, 6) is 0.0495. The van der Waals surface area contributed by atoms with E-state index in [0.717, 1.165) is 5.56 Å². The van der Waals surface area contributed by atoms with Crippen LogP contribution in [-0.4, -0.2) is 38.8 Å². The van der Waals surface area contributed by atoms with E-state index in [1.807, 2.05) is 19.1 Å². The van der Waals surface area contributed by atoms with Crippen molar-refractivity contribution >= 4 is 23.5 Å². The second kappa shape index (κ2) is 9.47. The number of ketones is 1. The maximum Gasteiger partial charge on any atom is 0.216 e. The van der Waals surface area contributed by atoms with Gasteiger partial charge in [0.05, 0.1) is 11.4 Å². The van der Waals surface area contributed by atoms with Crippen LogP contribution in [0, 0.1) is 12.7 Å². The first-order valence-corrected chi connectivity index (χ1v) is 10.1. The maximum atomic E-state index is 14.4. The molecule has 0 saturated carbocycles. The van der Waals surface area contributed by atoms with Crippen molar-refractivity contribution < 1.29 is 14.0 Å². The van der Waals surface area contributed by atoms with Crippen LogP contribution in [0.5, 0.6) is 0 Å². The molecule has 8 heteroatoms. The molecule has 0 spiro atoms. The lowest BCUT2D eigenvalue weighted by Crippen LogP contribution is -2.23. The van der Waals surface area contributed by atoms with Crippen molar-refractivity contribution in [3.05, 3.63) is 71.3 Å². The quantitative estimate of drug-likeness (QED) is 0.453. The second-order valence-electron chi connectivity index (χ2n) is 6.50. The lowest BCUT2D eigenvalue weighted by molar-refractivity contribution is -0.118. The Kier molecular flexibility index (Phi) is 6.77. The number of thioether (sulfide) groups is 1. The SMILES string of the molecule is CC(=O)NCCc1nnc(SCC(=O)c2ccc(C)cc2)n1-c1ccccc1F. The predicted molar refractivity (Wildman–Crippen MR) is 110 cm³/mol.